The first kappa shape index (κ1) is 23.7. The molecular weight excluding hydrogens is 428 g/mol. The number of sulfonamides is 1. The number of amidine groups is 1. The van der Waals surface area contributed by atoms with Gasteiger partial charge in [0.1, 0.15) is 17.6 Å². The summed E-state index contributed by atoms with van der Waals surface area (Å²) in [5, 5.41) is 2.98. The Morgan fingerprint density at radius 2 is 1.88 bits per heavy atom. The molecule has 1 amide bonds. The van der Waals surface area contributed by atoms with E-state index < -0.39 is 16.1 Å². The molecule has 0 aromatic heterocycles. The SMILES string of the molecule is CCN(CC)C(CNC(=O)[C@H](C)N=C1NS(=O)(=O)c2ccccc21)c1cccc(OC)c1. The van der Waals surface area contributed by atoms with Crippen LogP contribution in [0.3, 0.4) is 0 Å². The smallest absolute Gasteiger partial charge is 0.263 e. The zero-order valence-electron chi connectivity index (χ0n) is 18.8. The number of ether oxygens (including phenoxy) is 1. The molecule has 0 saturated heterocycles. The van der Waals surface area contributed by atoms with Gasteiger partial charge in [-0.25, -0.2) is 8.42 Å². The highest BCUT2D eigenvalue weighted by Gasteiger charge is 2.31. The van der Waals surface area contributed by atoms with Crippen molar-refractivity contribution in [1.82, 2.24) is 14.9 Å². The Morgan fingerprint density at radius 1 is 1.16 bits per heavy atom. The third kappa shape index (κ3) is 5.11. The maximum atomic E-state index is 12.8. The average molecular weight is 459 g/mol. The number of rotatable bonds is 9. The average Bonchev–Trinajstić information content (AvgIpc) is 3.06. The lowest BCUT2D eigenvalue weighted by atomic mass is 10.0. The molecule has 2 aromatic rings. The predicted octanol–water partition coefficient (Wildman–Crippen LogP) is 2.32. The summed E-state index contributed by atoms with van der Waals surface area (Å²) in [4.78, 5) is 19.6. The van der Waals surface area contributed by atoms with Gasteiger partial charge in [-0.2, -0.15) is 0 Å². The summed E-state index contributed by atoms with van der Waals surface area (Å²) in [6.45, 7) is 7.85. The van der Waals surface area contributed by atoms with Crippen LogP contribution in [0.5, 0.6) is 5.75 Å². The molecular formula is C23H30N4O4S. The maximum Gasteiger partial charge on any atom is 0.263 e. The number of likely N-dealkylation sites (N-methyl/N-ethyl adjacent to an activating group) is 1. The number of hydrogen-bond donors (Lipinski definition) is 2. The molecule has 0 radical (unpaired) electrons. The number of benzene rings is 2. The van der Waals surface area contributed by atoms with Crippen LogP contribution in [0.4, 0.5) is 0 Å². The van der Waals surface area contributed by atoms with Crippen molar-refractivity contribution in [3.05, 3.63) is 59.7 Å². The highest BCUT2D eigenvalue weighted by atomic mass is 32.2. The molecule has 0 spiro atoms. The Bertz CT molecular complexity index is 1100. The van der Waals surface area contributed by atoms with E-state index in [0.29, 0.717) is 12.1 Å². The molecule has 1 aliphatic heterocycles. The highest BCUT2D eigenvalue weighted by molar-refractivity contribution is 7.90. The minimum atomic E-state index is -3.64. The fourth-order valence-corrected chi connectivity index (χ4v) is 5.04. The molecule has 0 fully saturated rings. The number of carbonyl (C=O) groups excluding carboxylic acids is 1. The third-order valence-corrected chi connectivity index (χ3v) is 6.96. The Labute approximate surface area is 189 Å². The van der Waals surface area contributed by atoms with Crippen molar-refractivity contribution < 1.29 is 17.9 Å². The number of carbonyl (C=O) groups is 1. The van der Waals surface area contributed by atoms with Gasteiger partial charge in [0, 0.05) is 12.1 Å². The van der Waals surface area contributed by atoms with Crippen LogP contribution in [0.15, 0.2) is 58.4 Å². The van der Waals surface area contributed by atoms with Crippen LogP contribution in [-0.2, 0) is 14.8 Å². The zero-order chi connectivity index (χ0) is 23.3. The van der Waals surface area contributed by atoms with Crippen molar-refractivity contribution in [1.29, 1.82) is 0 Å². The van der Waals surface area contributed by atoms with Crippen LogP contribution in [0, 0.1) is 0 Å². The number of methoxy groups -OCH3 is 1. The van der Waals surface area contributed by atoms with E-state index in [1.54, 1.807) is 32.2 Å². The predicted molar refractivity (Wildman–Crippen MR) is 124 cm³/mol. The maximum absolute atomic E-state index is 12.8. The van der Waals surface area contributed by atoms with Crippen LogP contribution in [0.2, 0.25) is 0 Å². The second kappa shape index (κ2) is 10.1. The zero-order valence-corrected chi connectivity index (χ0v) is 19.6. The lowest BCUT2D eigenvalue weighted by Crippen LogP contribution is -2.41. The summed E-state index contributed by atoms with van der Waals surface area (Å²) in [7, 11) is -2.01. The first-order valence-corrected chi connectivity index (χ1v) is 12.1. The van der Waals surface area contributed by atoms with Gasteiger partial charge >= 0.3 is 0 Å². The van der Waals surface area contributed by atoms with Crippen molar-refractivity contribution in [2.45, 2.75) is 37.8 Å². The van der Waals surface area contributed by atoms with Crippen LogP contribution >= 0.6 is 0 Å². The van der Waals surface area contributed by atoms with Crippen LogP contribution in [-0.4, -0.2) is 57.8 Å². The minimum Gasteiger partial charge on any atom is -0.497 e. The summed E-state index contributed by atoms with van der Waals surface area (Å²) in [6, 6.07) is 13.6. The second-order valence-corrected chi connectivity index (χ2v) is 9.16. The van der Waals surface area contributed by atoms with Gasteiger partial charge in [-0.3, -0.25) is 19.4 Å². The van der Waals surface area contributed by atoms with E-state index in [-0.39, 0.29) is 22.7 Å². The topological polar surface area (TPSA) is 100 Å². The van der Waals surface area contributed by atoms with Gasteiger partial charge < -0.3 is 10.1 Å². The first-order valence-electron chi connectivity index (χ1n) is 10.7. The Morgan fingerprint density at radius 3 is 2.56 bits per heavy atom. The van der Waals surface area contributed by atoms with Gasteiger partial charge in [-0.1, -0.05) is 38.1 Å². The van der Waals surface area contributed by atoms with Gasteiger partial charge in [0.25, 0.3) is 10.0 Å². The molecule has 32 heavy (non-hydrogen) atoms. The summed E-state index contributed by atoms with van der Waals surface area (Å²) >= 11 is 0. The van der Waals surface area contributed by atoms with Gasteiger partial charge in [0.05, 0.1) is 18.0 Å². The van der Waals surface area contributed by atoms with E-state index in [9.17, 15) is 13.2 Å². The van der Waals surface area contributed by atoms with E-state index in [2.05, 4.69) is 33.8 Å². The van der Waals surface area contributed by atoms with Gasteiger partial charge in [0.15, 0.2) is 0 Å². The molecule has 9 heteroatoms. The van der Waals surface area contributed by atoms with Gasteiger partial charge in [-0.05, 0) is 49.8 Å². The van der Waals surface area contributed by atoms with E-state index in [1.165, 1.54) is 6.07 Å². The van der Waals surface area contributed by atoms with Crippen LogP contribution in [0.25, 0.3) is 0 Å². The lowest BCUT2D eigenvalue weighted by Gasteiger charge is -2.30. The number of nitrogens with zero attached hydrogens (tertiary/aromatic N) is 2. The molecule has 0 aliphatic carbocycles. The fraction of sp³-hybridized carbons (Fsp3) is 0.391. The molecule has 2 N–H and O–H groups in total. The standard InChI is InChI=1S/C23H30N4O4S/c1-5-27(6-2)20(17-10-9-11-18(14-17)31-4)15-24-23(28)16(3)25-22-19-12-7-8-13-21(19)32(29,30)26-22/h7-14,16,20H,5-6,15H2,1-4H3,(H,24,28)(H,25,26)/t16-,20?/m0/s1. The van der Waals surface area contributed by atoms with Crippen molar-refractivity contribution >= 4 is 21.8 Å². The van der Waals surface area contributed by atoms with Crippen LogP contribution in [0.1, 0.15) is 37.9 Å². The Kier molecular flexibility index (Phi) is 7.52. The molecule has 1 heterocycles. The number of fused-ring (bicyclic) bond motifs is 1. The molecule has 3 rings (SSSR count). The molecule has 1 unspecified atom stereocenters. The number of aliphatic imine (C=N–C) groups is 1. The third-order valence-electron chi connectivity index (χ3n) is 5.57. The number of amides is 1. The monoisotopic (exact) mass is 458 g/mol. The normalized spacial score (nSPS) is 17.5. The summed E-state index contributed by atoms with van der Waals surface area (Å²) in [5.41, 5.74) is 1.52. The van der Waals surface area contributed by atoms with Crippen molar-refractivity contribution in [3.8, 4) is 5.75 Å². The molecule has 2 aromatic carbocycles. The number of hydrogen-bond acceptors (Lipinski definition) is 6. The summed E-state index contributed by atoms with van der Waals surface area (Å²) in [6.07, 6.45) is 0. The van der Waals surface area contributed by atoms with E-state index >= 15 is 0 Å². The highest BCUT2D eigenvalue weighted by Crippen LogP contribution is 2.24. The van der Waals surface area contributed by atoms with E-state index in [0.717, 1.165) is 24.4 Å². The molecule has 1 aliphatic rings. The first-order chi connectivity index (χ1) is 15.3. The van der Waals surface area contributed by atoms with E-state index in [1.807, 2.05) is 24.3 Å². The molecule has 2 atom stereocenters. The molecule has 172 valence electrons. The van der Waals surface area contributed by atoms with Crippen LogP contribution < -0.4 is 14.8 Å². The Hall–Kier alpha value is -2.91. The minimum absolute atomic E-state index is 0.0328. The van der Waals surface area contributed by atoms with Crippen molar-refractivity contribution in [3.63, 3.8) is 0 Å². The Balaban J connectivity index is 1.75. The van der Waals surface area contributed by atoms with Crippen molar-refractivity contribution in [2.75, 3.05) is 26.7 Å². The van der Waals surface area contributed by atoms with E-state index in [4.69, 9.17) is 4.74 Å². The van der Waals surface area contributed by atoms with Crippen molar-refractivity contribution in [2.24, 2.45) is 4.99 Å². The summed E-state index contributed by atoms with van der Waals surface area (Å²) < 4.78 is 32.3. The van der Waals surface area contributed by atoms with Gasteiger partial charge in [-0.15, -0.1) is 0 Å². The fourth-order valence-electron chi connectivity index (χ4n) is 3.80. The lowest BCUT2D eigenvalue weighted by molar-refractivity contribution is -0.122. The second-order valence-electron chi connectivity index (χ2n) is 7.51. The molecule has 8 nitrogen and oxygen atoms in total. The molecule has 0 saturated carbocycles. The number of nitrogens with one attached hydrogen (secondary N) is 2. The van der Waals surface area contributed by atoms with Gasteiger partial charge in [0.2, 0.25) is 5.91 Å². The molecule has 0 bridgehead atoms. The quantitative estimate of drug-likeness (QED) is 0.601. The largest absolute Gasteiger partial charge is 0.497 e. The summed E-state index contributed by atoms with van der Waals surface area (Å²) in [5.74, 6) is 0.676.